The van der Waals surface area contributed by atoms with Gasteiger partial charge in [-0.25, -0.2) is 0 Å². The van der Waals surface area contributed by atoms with E-state index in [9.17, 15) is 4.79 Å². The molecule has 1 aromatic carbocycles. The zero-order chi connectivity index (χ0) is 23.1. The van der Waals surface area contributed by atoms with E-state index < -0.39 is 0 Å². The van der Waals surface area contributed by atoms with Crippen LogP contribution in [0.25, 0.3) is 10.7 Å². The minimum absolute atomic E-state index is 0.164. The molecule has 0 radical (unpaired) electrons. The van der Waals surface area contributed by atoms with Gasteiger partial charge >= 0.3 is 0 Å². The number of nitrogens with zero attached hydrogens (tertiary/aromatic N) is 4. The van der Waals surface area contributed by atoms with Gasteiger partial charge in [-0.3, -0.25) is 9.36 Å². The van der Waals surface area contributed by atoms with Crippen LogP contribution in [0, 0.1) is 17.8 Å². The number of amides is 1. The van der Waals surface area contributed by atoms with Gasteiger partial charge in [-0.05, 0) is 85.9 Å². The van der Waals surface area contributed by atoms with E-state index in [0.29, 0.717) is 6.04 Å². The smallest absolute Gasteiger partial charge is 0.253 e. The number of carbonyl (C=O) groups excluding carboxylic acids is 1. The van der Waals surface area contributed by atoms with Crippen molar-refractivity contribution >= 4 is 29.0 Å². The van der Waals surface area contributed by atoms with Gasteiger partial charge in [-0.1, -0.05) is 36.4 Å². The second kappa shape index (κ2) is 9.50. The van der Waals surface area contributed by atoms with Crippen LogP contribution in [0.3, 0.4) is 0 Å². The van der Waals surface area contributed by atoms with Crippen LogP contribution < -0.4 is 0 Å². The standard InChI is InChI=1S/C27H32N4OS2/c1-18(23-16-20-8-11-22(23)15-20)31-25(24-5-4-14-33-24)28-29-27(31)34-17-19-6-9-21(10-7-19)26(32)30-12-2-3-13-30/h4-7,9-10,14,18,20,22-23H,2-3,8,11-13,15-17H2,1H3. The summed E-state index contributed by atoms with van der Waals surface area (Å²) >= 11 is 3.50. The lowest BCUT2D eigenvalue weighted by Gasteiger charge is -2.30. The first-order valence-electron chi connectivity index (χ1n) is 12.7. The van der Waals surface area contributed by atoms with Gasteiger partial charge in [0, 0.05) is 30.4 Å². The second-order valence-electron chi connectivity index (χ2n) is 10.2. The molecule has 1 aliphatic heterocycles. The molecule has 3 fully saturated rings. The largest absolute Gasteiger partial charge is 0.339 e. The molecule has 4 unspecified atom stereocenters. The third-order valence-electron chi connectivity index (χ3n) is 8.19. The number of benzene rings is 1. The summed E-state index contributed by atoms with van der Waals surface area (Å²) in [6, 6.07) is 12.8. The Hall–Kier alpha value is -2.12. The van der Waals surface area contributed by atoms with Gasteiger partial charge in [0.25, 0.3) is 5.91 Å². The fraction of sp³-hybridized carbons (Fsp3) is 0.519. The third-order valence-corrected chi connectivity index (χ3v) is 10.1. The Bertz CT molecular complexity index is 1130. The Balaban J connectivity index is 1.20. The quantitative estimate of drug-likeness (QED) is 0.352. The maximum absolute atomic E-state index is 12.7. The van der Waals surface area contributed by atoms with Gasteiger partial charge in [0.2, 0.25) is 0 Å². The van der Waals surface area contributed by atoms with Crippen LogP contribution in [0.5, 0.6) is 0 Å². The highest BCUT2D eigenvalue weighted by Gasteiger charge is 2.43. The molecule has 2 aromatic heterocycles. The lowest BCUT2D eigenvalue weighted by molar-refractivity contribution is 0.0793. The van der Waals surface area contributed by atoms with Crippen molar-refractivity contribution in [3.63, 3.8) is 0 Å². The van der Waals surface area contributed by atoms with E-state index in [1.54, 1.807) is 23.1 Å². The lowest BCUT2D eigenvalue weighted by atomic mass is 9.84. The Morgan fingerprint density at radius 1 is 1.12 bits per heavy atom. The van der Waals surface area contributed by atoms with Gasteiger partial charge in [-0.15, -0.1) is 21.5 Å². The van der Waals surface area contributed by atoms with Gasteiger partial charge in [0.15, 0.2) is 11.0 Å². The zero-order valence-electron chi connectivity index (χ0n) is 19.7. The van der Waals surface area contributed by atoms with E-state index in [-0.39, 0.29) is 5.91 Å². The molecular formula is C27H32N4OS2. The molecule has 34 heavy (non-hydrogen) atoms. The summed E-state index contributed by atoms with van der Waals surface area (Å²) in [7, 11) is 0. The number of likely N-dealkylation sites (tertiary alicyclic amines) is 1. The van der Waals surface area contributed by atoms with E-state index in [1.165, 1.54) is 36.1 Å². The monoisotopic (exact) mass is 492 g/mol. The first-order chi connectivity index (χ1) is 16.7. The molecule has 3 aromatic rings. The number of rotatable bonds is 7. The van der Waals surface area contributed by atoms with Crippen LogP contribution in [0.1, 0.15) is 67.4 Å². The van der Waals surface area contributed by atoms with Crippen LogP contribution in [0.2, 0.25) is 0 Å². The van der Waals surface area contributed by atoms with Crippen LogP contribution in [0.4, 0.5) is 0 Å². The van der Waals surface area contributed by atoms with Crippen LogP contribution in [0.15, 0.2) is 46.9 Å². The highest BCUT2D eigenvalue weighted by Crippen LogP contribution is 2.53. The summed E-state index contributed by atoms with van der Waals surface area (Å²) < 4.78 is 2.42. The summed E-state index contributed by atoms with van der Waals surface area (Å²) in [5.41, 5.74) is 2.01. The SMILES string of the molecule is CC(C1CC2CCC1C2)n1c(SCc2ccc(C(=O)N3CCCC3)cc2)nnc1-c1cccs1. The van der Waals surface area contributed by atoms with E-state index in [0.717, 1.165) is 66.0 Å². The number of hydrogen-bond acceptors (Lipinski definition) is 5. The van der Waals surface area contributed by atoms with Crippen molar-refractivity contribution < 1.29 is 4.79 Å². The summed E-state index contributed by atoms with van der Waals surface area (Å²) in [6.45, 7) is 4.16. The highest BCUT2D eigenvalue weighted by atomic mass is 32.2. The second-order valence-corrected chi connectivity index (χ2v) is 12.1. The van der Waals surface area contributed by atoms with Crippen molar-refractivity contribution in [2.45, 2.75) is 62.4 Å². The number of hydrogen-bond donors (Lipinski definition) is 0. The fourth-order valence-corrected chi connectivity index (χ4v) is 8.07. The topological polar surface area (TPSA) is 51.0 Å². The Morgan fingerprint density at radius 2 is 1.94 bits per heavy atom. The Labute approximate surface area is 210 Å². The first kappa shape index (κ1) is 22.4. The molecular weight excluding hydrogens is 460 g/mol. The number of carbonyl (C=O) groups is 1. The number of aromatic nitrogens is 3. The van der Waals surface area contributed by atoms with E-state index in [4.69, 9.17) is 0 Å². The molecule has 0 spiro atoms. The molecule has 1 amide bonds. The molecule has 5 nitrogen and oxygen atoms in total. The number of thioether (sulfide) groups is 1. The van der Waals surface area contributed by atoms with Crippen molar-refractivity contribution in [3.05, 3.63) is 52.9 Å². The van der Waals surface area contributed by atoms with Gasteiger partial charge in [0.05, 0.1) is 4.88 Å². The Kier molecular flexibility index (Phi) is 6.24. The van der Waals surface area contributed by atoms with Crippen molar-refractivity contribution in [3.8, 4) is 10.7 Å². The number of thiophene rings is 1. The van der Waals surface area contributed by atoms with Gasteiger partial charge < -0.3 is 4.90 Å². The molecule has 3 heterocycles. The predicted octanol–water partition coefficient (Wildman–Crippen LogP) is 6.53. The van der Waals surface area contributed by atoms with E-state index in [1.807, 2.05) is 17.0 Å². The maximum Gasteiger partial charge on any atom is 0.253 e. The van der Waals surface area contributed by atoms with Crippen molar-refractivity contribution in [2.24, 2.45) is 17.8 Å². The summed E-state index contributed by atoms with van der Waals surface area (Å²) in [4.78, 5) is 15.8. The minimum atomic E-state index is 0.164. The fourth-order valence-electron chi connectivity index (χ4n) is 6.39. The minimum Gasteiger partial charge on any atom is -0.339 e. The molecule has 3 aliphatic rings. The molecule has 2 bridgehead atoms. The molecule has 4 atom stereocenters. The number of fused-ring (bicyclic) bond motifs is 2. The van der Waals surface area contributed by atoms with Gasteiger partial charge in [-0.2, -0.15) is 0 Å². The summed E-state index contributed by atoms with van der Waals surface area (Å²) in [5, 5.41) is 12.5. The molecule has 1 saturated heterocycles. The molecule has 0 N–H and O–H groups in total. The predicted molar refractivity (Wildman–Crippen MR) is 138 cm³/mol. The van der Waals surface area contributed by atoms with E-state index in [2.05, 4.69) is 51.3 Å². The maximum atomic E-state index is 12.7. The van der Waals surface area contributed by atoms with Crippen LogP contribution in [-0.2, 0) is 5.75 Å². The normalized spacial score (nSPS) is 24.7. The molecule has 2 saturated carbocycles. The third kappa shape index (κ3) is 4.22. The highest BCUT2D eigenvalue weighted by molar-refractivity contribution is 7.98. The molecule has 178 valence electrons. The van der Waals surface area contributed by atoms with Crippen molar-refractivity contribution in [2.75, 3.05) is 13.1 Å². The van der Waals surface area contributed by atoms with Crippen LogP contribution in [-0.4, -0.2) is 38.7 Å². The first-order valence-corrected chi connectivity index (χ1v) is 14.5. The van der Waals surface area contributed by atoms with Gasteiger partial charge in [0.1, 0.15) is 0 Å². The molecule has 7 heteroatoms. The average Bonchev–Trinajstić information content (AvgIpc) is 3.69. The van der Waals surface area contributed by atoms with Crippen LogP contribution >= 0.6 is 23.1 Å². The van der Waals surface area contributed by atoms with Crippen molar-refractivity contribution in [1.82, 2.24) is 19.7 Å². The molecule has 6 rings (SSSR count). The van der Waals surface area contributed by atoms with Crippen molar-refractivity contribution in [1.29, 1.82) is 0 Å². The van der Waals surface area contributed by atoms with E-state index >= 15 is 0 Å². The Morgan fingerprint density at radius 3 is 2.62 bits per heavy atom. The summed E-state index contributed by atoms with van der Waals surface area (Å²) in [5.74, 6) is 4.51. The average molecular weight is 493 g/mol. The lowest BCUT2D eigenvalue weighted by Crippen LogP contribution is -2.27. The summed E-state index contributed by atoms with van der Waals surface area (Å²) in [6.07, 6.45) is 7.82. The zero-order valence-corrected chi connectivity index (χ0v) is 21.4. The molecule has 2 aliphatic carbocycles.